The molecule has 13 heavy (non-hydrogen) atoms. The van der Waals surface area contributed by atoms with E-state index in [-0.39, 0.29) is 11.2 Å². The SMILES string of the molecule is CC1Sc2c(Cl)cccc2NC1=O. The Morgan fingerprint density at radius 3 is 3.08 bits per heavy atom. The molecule has 0 aliphatic carbocycles. The lowest BCUT2D eigenvalue weighted by Gasteiger charge is -2.21. The predicted molar refractivity (Wildman–Crippen MR) is 55.4 cm³/mol. The number of carbonyl (C=O) groups excluding carboxylic acids is 1. The smallest absolute Gasteiger partial charge is 0.237 e. The second-order valence-electron chi connectivity index (χ2n) is 2.87. The summed E-state index contributed by atoms with van der Waals surface area (Å²) in [5.74, 6) is 0.0415. The van der Waals surface area contributed by atoms with Gasteiger partial charge in [-0.05, 0) is 19.1 Å². The molecule has 68 valence electrons. The summed E-state index contributed by atoms with van der Waals surface area (Å²) in [5, 5.41) is 3.45. The van der Waals surface area contributed by atoms with Gasteiger partial charge in [-0.25, -0.2) is 0 Å². The first-order valence-electron chi connectivity index (χ1n) is 3.94. The third-order valence-corrected chi connectivity index (χ3v) is 3.56. The fraction of sp³-hybridized carbons (Fsp3) is 0.222. The van der Waals surface area contributed by atoms with E-state index in [1.807, 2.05) is 25.1 Å². The van der Waals surface area contributed by atoms with Crippen molar-refractivity contribution in [1.82, 2.24) is 0 Å². The number of nitrogens with one attached hydrogen (secondary N) is 1. The largest absolute Gasteiger partial charge is 0.324 e. The number of fused-ring (bicyclic) bond motifs is 1. The fourth-order valence-electron chi connectivity index (χ4n) is 1.19. The Hall–Kier alpha value is -0.670. The molecule has 1 aliphatic rings. The van der Waals surface area contributed by atoms with Gasteiger partial charge in [-0.15, -0.1) is 11.8 Å². The van der Waals surface area contributed by atoms with Crippen molar-refractivity contribution in [2.24, 2.45) is 0 Å². The number of thioether (sulfide) groups is 1. The quantitative estimate of drug-likeness (QED) is 0.718. The molecule has 1 atom stereocenters. The minimum absolute atomic E-state index is 0.0415. The van der Waals surface area contributed by atoms with Gasteiger partial charge >= 0.3 is 0 Å². The van der Waals surface area contributed by atoms with Gasteiger partial charge in [0.05, 0.1) is 20.9 Å². The molecule has 2 nitrogen and oxygen atoms in total. The lowest BCUT2D eigenvalue weighted by atomic mass is 10.3. The van der Waals surface area contributed by atoms with E-state index in [2.05, 4.69) is 5.32 Å². The Labute approximate surface area is 85.7 Å². The minimum Gasteiger partial charge on any atom is -0.324 e. The van der Waals surface area contributed by atoms with E-state index in [1.165, 1.54) is 11.8 Å². The second kappa shape index (κ2) is 3.24. The number of halogens is 1. The maximum atomic E-state index is 11.3. The Bertz CT molecular complexity index is 367. The number of hydrogen-bond acceptors (Lipinski definition) is 2. The van der Waals surface area contributed by atoms with Crippen LogP contribution in [0.2, 0.25) is 5.02 Å². The number of anilines is 1. The molecule has 0 bridgehead atoms. The summed E-state index contributed by atoms with van der Waals surface area (Å²) < 4.78 is 0. The molecular weight excluding hydrogens is 206 g/mol. The highest BCUT2D eigenvalue weighted by Crippen LogP contribution is 2.39. The Morgan fingerprint density at radius 2 is 2.31 bits per heavy atom. The van der Waals surface area contributed by atoms with Gasteiger partial charge in [-0.3, -0.25) is 4.79 Å². The van der Waals surface area contributed by atoms with Crippen LogP contribution in [0.5, 0.6) is 0 Å². The molecule has 1 heterocycles. The van der Waals surface area contributed by atoms with Crippen LogP contribution in [0.1, 0.15) is 6.92 Å². The van der Waals surface area contributed by atoms with Crippen molar-refractivity contribution in [3.05, 3.63) is 23.2 Å². The topological polar surface area (TPSA) is 29.1 Å². The summed E-state index contributed by atoms with van der Waals surface area (Å²) in [7, 11) is 0. The molecule has 1 aromatic rings. The van der Waals surface area contributed by atoms with Crippen LogP contribution in [0.3, 0.4) is 0 Å². The summed E-state index contributed by atoms with van der Waals surface area (Å²) in [4.78, 5) is 12.3. The van der Waals surface area contributed by atoms with Crippen molar-refractivity contribution in [1.29, 1.82) is 0 Å². The molecule has 1 unspecified atom stereocenters. The Kier molecular flexibility index (Phi) is 2.22. The van der Waals surface area contributed by atoms with E-state index in [0.29, 0.717) is 5.02 Å². The number of amides is 1. The third-order valence-electron chi connectivity index (χ3n) is 1.89. The highest BCUT2D eigenvalue weighted by molar-refractivity contribution is 8.01. The highest BCUT2D eigenvalue weighted by atomic mass is 35.5. The Morgan fingerprint density at radius 1 is 1.54 bits per heavy atom. The summed E-state index contributed by atoms with van der Waals surface area (Å²) in [6.07, 6.45) is 0. The number of hydrogen-bond donors (Lipinski definition) is 1. The van der Waals surface area contributed by atoms with Gasteiger partial charge in [-0.2, -0.15) is 0 Å². The van der Waals surface area contributed by atoms with Gasteiger partial charge in [0.25, 0.3) is 0 Å². The molecule has 1 aromatic carbocycles. The van der Waals surface area contributed by atoms with Crippen LogP contribution in [-0.4, -0.2) is 11.2 Å². The van der Waals surface area contributed by atoms with Crippen molar-refractivity contribution >= 4 is 35.0 Å². The van der Waals surface area contributed by atoms with Gasteiger partial charge in [0.15, 0.2) is 0 Å². The van der Waals surface area contributed by atoms with E-state index < -0.39 is 0 Å². The van der Waals surface area contributed by atoms with E-state index in [0.717, 1.165) is 10.6 Å². The van der Waals surface area contributed by atoms with Crippen LogP contribution < -0.4 is 5.32 Å². The molecule has 1 N–H and O–H groups in total. The normalized spacial score (nSPS) is 20.8. The van der Waals surface area contributed by atoms with Gasteiger partial charge in [-0.1, -0.05) is 17.7 Å². The average molecular weight is 214 g/mol. The molecule has 2 rings (SSSR count). The van der Waals surface area contributed by atoms with Crippen molar-refractivity contribution < 1.29 is 4.79 Å². The molecule has 0 spiro atoms. The van der Waals surface area contributed by atoms with Crippen LogP contribution in [0.4, 0.5) is 5.69 Å². The monoisotopic (exact) mass is 213 g/mol. The predicted octanol–water partition coefficient (Wildman–Crippen LogP) is 2.77. The molecule has 0 fully saturated rings. The number of carbonyl (C=O) groups is 1. The van der Waals surface area contributed by atoms with E-state index >= 15 is 0 Å². The zero-order chi connectivity index (χ0) is 9.42. The molecule has 1 amide bonds. The highest BCUT2D eigenvalue weighted by Gasteiger charge is 2.24. The first kappa shape index (κ1) is 8.91. The first-order chi connectivity index (χ1) is 6.18. The Balaban J connectivity index is 2.48. The fourth-order valence-corrected chi connectivity index (χ4v) is 2.45. The lowest BCUT2D eigenvalue weighted by molar-refractivity contribution is -0.115. The van der Waals surface area contributed by atoms with Gasteiger partial charge in [0.1, 0.15) is 0 Å². The van der Waals surface area contributed by atoms with Crippen LogP contribution in [0.25, 0.3) is 0 Å². The maximum Gasteiger partial charge on any atom is 0.237 e. The number of rotatable bonds is 0. The van der Waals surface area contributed by atoms with Crippen LogP contribution in [0, 0.1) is 0 Å². The van der Waals surface area contributed by atoms with Gasteiger partial charge in [0, 0.05) is 0 Å². The van der Waals surface area contributed by atoms with Crippen molar-refractivity contribution in [2.45, 2.75) is 17.1 Å². The maximum absolute atomic E-state index is 11.3. The molecule has 4 heteroatoms. The number of benzene rings is 1. The van der Waals surface area contributed by atoms with Gasteiger partial charge in [0.2, 0.25) is 5.91 Å². The average Bonchev–Trinajstić information content (AvgIpc) is 2.09. The van der Waals surface area contributed by atoms with Crippen LogP contribution in [0.15, 0.2) is 23.1 Å². The summed E-state index contributed by atoms with van der Waals surface area (Å²) in [6, 6.07) is 5.52. The van der Waals surface area contributed by atoms with E-state index in [1.54, 1.807) is 0 Å². The van der Waals surface area contributed by atoms with Crippen LogP contribution in [-0.2, 0) is 4.79 Å². The minimum atomic E-state index is -0.0626. The molecule has 0 saturated heterocycles. The third kappa shape index (κ3) is 1.54. The van der Waals surface area contributed by atoms with E-state index in [9.17, 15) is 4.79 Å². The summed E-state index contributed by atoms with van der Waals surface area (Å²) in [5.41, 5.74) is 0.820. The zero-order valence-corrected chi connectivity index (χ0v) is 8.58. The lowest BCUT2D eigenvalue weighted by Crippen LogP contribution is -2.26. The van der Waals surface area contributed by atoms with Crippen molar-refractivity contribution in [2.75, 3.05) is 5.32 Å². The molecule has 0 aromatic heterocycles. The zero-order valence-electron chi connectivity index (χ0n) is 7.00. The molecule has 0 saturated carbocycles. The van der Waals surface area contributed by atoms with Crippen molar-refractivity contribution in [3.63, 3.8) is 0 Å². The second-order valence-corrected chi connectivity index (χ2v) is 4.62. The molecular formula is C9H8ClNOS. The van der Waals surface area contributed by atoms with Crippen LogP contribution >= 0.6 is 23.4 Å². The first-order valence-corrected chi connectivity index (χ1v) is 5.20. The van der Waals surface area contributed by atoms with Gasteiger partial charge < -0.3 is 5.32 Å². The molecule has 1 aliphatic heterocycles. The summed E-state index contributed by atoms with van der Waals surface area (Å²) >= 11 is 7.49. The van der Waals surface area contributed by atoms with Crippen molar-refractivity contribution in [3.8, 4) is 0 Å². The van der Waals surface area contributed by atoms with E-state index in [4.69, 9.17) is 11.6 Å². The summed E-state index contributed by atoms with van der Waals surface area (Å²) in [6.45, 7) is 1.87. The standard InChI is InChI=1S/C9H8ClNOS/c1-5-9(12)11-7-4-2-3-6(10)8(7)13-5/h2-5H,1H3,(H,11,12). The molecule has 0 radical (unpaired) electrons.